The van der Waals surface area contributed by atoms with E-state index in [9.17, 15) is 0 Å². The van der Waals surface area contributed by atoms with E-state index in [0.29, 0.717) is 18.5 Å². The van der Waals surface area contributed by atoms with Gasteiger partial charge in [0.15, 0.2) is 5.82 Å². The summed E-state index contributed by atoms with van der Waals surface area (Å²) in [4.78, 5) is 8.96. The molecule has 0 radical (unpaired) electrons. The molecule has 7 heteroatoms. The maximum atomic E-state index is 5.97. The minimum atomic E-state index is -1.14. The number of benzene rings is 1. The van der Waals surface area contributed by atoms with Crippen molar-refractivity contribution in [1.82, 2.24) is 19.7 Å². The molecule has 0 atom stereocenters. The maximum Gasteiger partial charge on any atom is 0.226 e. The quantitative estimate of drug-likeness (QED) is 0.323. The molecular weight excluding hydrogens is 404 g/mol. The topological polar surface area (TPSA) is 62.1 Å². The third kappa shape index (κ3) is 6.00. The summed E-state index contributed by atoms with van der Waals surface area (Å²) >= 11 is 0. The number of fused-ring (bicyclic) bond motifs is 1. The Labute approximate surface area is 185 Å². The molecular formula is C24H30N4O2Si. The van der Waals surface area contributed by atoms with Crippen molar-refractivity contribution < 1.29 is 9.47 Å². The summed E-state index contributed by atoms with van der Waals surface area (Å²) in [5.41, 5.74) is 0.999. The predicted molar refractivity (Wildman–Crippen MR) is 125 cm³/mol. The van der Waals surface area contributed by atoms with E-state index in [2.05, 4.69) is 59.8 Å². The highest BCUT2D eigenvalue weighted by Gasteiger charge is 2.15. The van der Waals surface area contributed by atoms with Gasteiger partial charge in [0.2, 0.25) is 5.82 Å². The molecule has 1 aromatic carbocycles. The Kier molecular flexibility index (Phi) is 6.81. The molecule has 0 bridgehead atoms. The Morgan fingerprint density at radius 2 is 2.00 bits per heavy atom. The van der Waals surface area contributed by atoms with E-state index < -0.39 is 8.07 Å². The minimum absolute atomic E-state index is 0.352. The van der Waals surface area contributed by atoms with Crippen LogP contribution in [0.15, 0.2) is 36.7 Å². The van der Waals surface area contributed by atoms with Gasteiger partial charge in [0.25, 0.3) is 0 Å². The lowest BCUT2D eigenvalue weighted by Crippen LogP contribution is -2.22. The molecule has 0 aliphatic carbocycles. The Morgan fingerprint density at radius 1 is 1.16 bits per heavy atom. The first kappa shape index (κ1) is 21.7. The molecule has 3 aromatic rings. The summed E-state index contributed by atoms with van der Waals surface area (Å²) in [5, 5.41) is 6.88. The van der Waals surface area contributed by atoms with E-state index in [1.807, 2.05) is 16.9 Å². The third-order valence-electron chi connectivity index (χ3n) is 5.39. The molecule has 2 aromatic heterocycles. The smallest absolute Gasteiger partial charge is 0.226 e. The fourth-order valence-electron chi connectivity index (χ4n) is 3.46. The lowest BCUT2D eigenvalue weighted by molar-refractivity contribution is 0.0795. The average molecular weight is 435 g/mol. The van der Waals surface area contributed by atoms with Crippen molar-refractivity contribution >= 4 is 18.8 Å². The Bertz CT molecular complexity index is 1090. The number of pyridine rings is 1. The highest BCUT2D eigenvalue weighted by atomic mass is 28.3. The molecule has 3 heterocycles. The van der Waals surface area contributed by atoms with Crippen molar-refractivity contribution in [3.8, 4) is 23.2 Å². The van der Waals surface area contributed by atoms with Gasteiger partial charge in [-0.25, -0.2) is 4.68 Å². The maximum absolute atomic E-state index is 5.97. The van der Waals surface area contributed by atoms with Gasteiger partial charge in [0.05, 0.1) is 0 Å². The second kappa shape index (κ2) is 9.73. The number of nitrogens with zero attached hydrogens (tertiary/aromatic N) is 4. The molecule has 4 rings (SSSR count). The average Bonchev–Trinajstić information content (AvgIpc) is 3.18. The van der Waals surface area contributed by atoms with Crippen molar-refractivity contribution in [2.75, 3.05) is 19.8 Å². The van der Waals surface area contributed by atoms with Gasteiger partial charge in [0, 0.05) is 57.2 Å². The largest absolute Gasteiger partial charge is 0.381 e. The van der Waals surface area contributed by atoms with Crippen LogP contribution in [0.1, 0.15) is 18.7 Å². The van der Waals surface area contributed by atoms with E-state index in [4.69, 9.17) is 14.5 Å². The fourth-order valence-corrected chi connectivity index (χ4v) is 4.22. The minimum Gasteiger partial charge on any atom is -0.381 e. The van der Waals surface area contributed by atoms with Crippen molar-refractivity contribution in [2.45, 2.75) is 45.3 Å². The van der Waals surface area contributed by atoms with Crippen LogP contribution in [0.25, 0.3) is 22.2 Å². The van der Waals surface area contributed by atoms with Gasteiger partial charge in [-0.3, -0.25) is 4.98 Å². The molecule has 0 saturated carbocycles. The number of hydrogen-bond acceptors (Lipinski definition) is 5. The summed E-state index contributed by atoms with van der Waals surface area (Å²) in [6.07, 6.45) is 5.62. The highest BCUT2D eigenvalue weighted by Crippen LogP contribution is 2.23. The second-order valence-corrected chi connectivity index (χ2v) is 14.8. The van der Waals surface area contributed by atoms with Gasteiger partial charge in [-0.05, 0) is 42.3 Å². The monoisotopic (exact) mass is 434 g/mol. The Morgan fingerprint density at radius 3 is 2.81 bits per heavy atom. The molecule has 162 valence electrons. The van der Waals surface area contributed by atoms with Crippen LogP contribution in [0.5, 0.6) is 0 Å². The molecule has 0 unspecified atom stereocenters. The SMILES string of the molecule is C[Si](C)(C)CCOCn1nc(C#CC2CCOCC2)nc1-c1ccc2cnccc2c1. The lowest BCUT2D eigenvalue weighted by atomic mass is 10.0. The molecule has 1 aliphatic heterocycles. The first-order valence-electron chi connectivity index (χ1n) is 10.9. The van der Waals surface area contributed by atoms with E-state index >= 15 is 0 Å². The van der Waals surface area contributed by atoms with Gasteiger partial charge in [0.1, 0.15) is 6.73 Å². The molecule has 6 nitrogen and oxygen atoms in total. The second-order valence-electron chi connectivity index (χ2n) is 9.20. The van der Waals surface area contributed by atoms with Crippen LogP contribution < -0.4 is 0 Å². The van der Waals surface area contributed by atoms with Crippen molar-refractivity contribution in [1.29, 1.82) is 0 Å². The zero-order chi connectivity index (χ0) is 21.7. The van der Waals surface area contributed by atoms with Crippen molar-refractivity contribution in [3.05, 3.63) is 42.5 Å². The van der Waals surface area contributed by atoms with Gasteiger partial charge >= 0.3 is 0 Å². The van der Waals surface area contributed by atoms with E-state index in [0.717, 1.165) is 60.9 Å². The van der Waals surface area contributed by atoms with Crippen LogP contribution >= 0.6 is 0 Å². The number of rotatable bonds is 6. The third-order valence-corrected chi connectivity index (χ3v) is 7.09. The molecule has 31 heavy (non-hydrogen) atoms. The summed E-state index contributed by atoms with van der Waals surface area (Å²) < 4.78 is 13.2. The van der Waals surface area contributed by atoms with Gasteiger partial charge < -0.3 is 9.47 Å². The zero-order valence-electron chi connectivity index (χ0n) is 18.6. The molecule has 1 saturated heterocycles. The van der Waals surface area contributed by atoms with E-state index in [1.54, 1.807) is 6.20 Å². The van der Waals surface area contributed by atoms with Gasteiger partial charge in [-0.2, -0.15) is 4.98 Å². The normalized spacial score (nSPS) is 15.1. The molecule has 0 amide bonds. The fraction of sp³-hybridized carbons (Fsp3) is 0.458. The number of hydrogen-bond donors (Lipinski definition) is 0. The standard InChI is InChI=1S/C24H30N4O2Si/c1-31(2,3)15-14-30-18-28-24(21-5-6-22-17-25-11-8-20(22)16-21)26-23(27-28)7-4-19-9-12-29-13-10-19/h5-6,8,11,16-17,19H,9-10,12-15,18H2,1-3H3. The molecule has 0 N–H and O–H groups in total. The van der Waals surface area contributed by atoms with Crippen LogP contribution in [0.3, 0.4) is 0 Å². The Hall–Kier alpha value is -2.53. The van der Waals surface area contributed by atoms with E-state index in [-0.39, 0.29) is 0 Å². The van der Waals surface area contributed by atoms with Crippen LogP contribution in [-0.2, 0) is 16.2 Å². The first-order chi connectivity index (χ1) is 15.0. The van der Waals surface area contributed by atoms with Crippen molar-refractivity contribution in [2.24, 2.45) is 5.92 Å². The summed E-state index contributed by atoms with van der Waals surface area (Å²) in [5.74, 6) is 8.20. The summed E-state index contributed by atoms with van der Waals surface area (Å²) in [7, 11) is -1.14. The van der Waals surface area contributed by atoms with Gasteiger partial charge in [-0.1, -0.05) is 37.7 Å². The van der Waals surface area contributed by atoms with Crippen molar-refractivity contribution in [3.63, 3.8) is 0 Å². The summed E-state index contributed by atoms with van der Waals surface area (Å²) in [6, 6.07) is 9.37. The Balaban J connectivity index is 1.59. The first-order valence-corrected chi connectivity index (χ1v) is 14.6. The zero-order valence-corrected chi connectivity index (χ0v) is 19.6. The van der Waals surface area contributed by atoms with Gasteiger partial charge in [-0.15, -0.1) is 5.10 Å². The van der Waals surface area contributed by atoms with Crippen LogP contribution in [0, 0.1) is 17.8 Å². The highest BCUT2D eigenvalue weighted by molar-refractivity contribution is 6.76. The van der Waals surface area contributed by atoms with E-state index in [1.165, 1.54) is 0 Å². The molecule has 1 fully saturated rings. The van der Waals surface area contributed by atoms with Crippen LogP contribution in [0.4, 0.5) is 0 Å². The molecule has 1 aliphatic rings. The predicted octanol–water partition coefficient (Wildman–Crippen LogP) is 4.58. The van der Waals surface area contributed by atoms with Crippen LogP contribution in [-0.4, -0.2) is 47.6 Å². The number of ether oxygens (including phenoxy) is 2. The summed E-state index contributed by atoms with van der Waals surface area (Å²) in [6.45, 7) is 9.73. The lowest BCUT2D eigenvalue weighted by Gasteiger charge is -2.16. The van der Waals surface area contributed by atoms with Crippen LogP contribution in [0.2, 0.25) is 25.7 Å². The number of aromatic nitrogens is 4. The molecule has 0 spiro atoms.